The van der Waals surface area contributed by atoms with Gasteiger partial charge in [-0.1, -0.05) is 13.3 Å². The van der Waals surface area contributed by atoms with Crippen LogP contribution >= 0.6 is 0 Å². The van der Waals surface area contributed by atoms with Crippen molar-refractivity contribution in [2.24, 2.45) is 5.92 Å². The molecule has 1 aliphatic rings. The molecular weight excluding hydrogens is 295 g/mol. The van der Waals surface area contributed by atoms with Crippen LogP contribution < -0.4 is 10.6 Å². The number of carbonyl (C=O) groups excluding carboxylic acids is 1. The smallest absolute Gasteiger partial charge is 0.412 e. The van der Waals surface area contributed by atoms with Crippen LogP contribution in [0.5, 0.6) is 0 Å². The molecule has 2 atom stereocenters. The number of hydrogen-bond acceptors (Lipinski definition) is 3. The van der Waals surface area contributed by atoms with Gasteiger partial charge in [0.1, 0.15) is 11.4 Å². The van der Waals surface area contributed by atoms with Crippen molar-refractivity contribution in [1.82, 2.24) is 0 Å². The Morgan fingerprint density at radius 3 is 2.70 bits per heavy atom. The molecule has 23 heavy (non-hydrogen) atoms. The molecule has 2 rings (SSSR count). The molecule has 2 N–H and O–H groups in total. The van der Waals surface area contributed by atoms with Crippen LogP contribution in [0.3, 0.4) is 0 Å². The first-order valence-corrected chi connectivity index (χ1v) is 8.33. The van der Waals surface area contributed by atoms with Crippen molar-refractivity contribution >= 4 is 17.5 Å². The van der Waals surface area contributed by atoms with Crippen LogP contribution in [-0.4, -0.2) is 17.7 Å². The molecule has 4 nitrogen and oxygen atoms in total. The number of nitrogens with one attached hydrogen (secondary N) is 2. The summed E-state index contributed by atoms with van der Waals surface area (Å²) in [6.45, 7) is 7.52. The molecule has 0 aromatic heterocycles. The molecule has 0 heterocycles. The predicted octanol–water partition coefficient (Wildman–Crippen LogP) is 5.16. The fourth-order valence-corrected chi connectivity index (χ4v) is 2.94. The second-order valence-corrected chi connectivity index (χ2v) is 7.25. The zero-order valence-electron chi connectivity index (χ0n) is 14.4. The summed E-state index contributed by atoms with van der Waals surface area (Å²) >= 11 is 0. The summed E-state index contributed by atoms with van der Waals surface area (Å²) < 4.78 is 19.1. The van der Waals surface area contributed by atoms with E-state index in [-0.39, 0.29) is 5.69 Å². The summed E-state index contributed by atoms with van der Waals surface area (Å²) in [5.74, 6) is 0.298. The van der Waals surface area contributed by atoms with E-state index in [1.807, 2.05) is 0 Å². The summed E-state index contributed by atoms with van der Waals surface area (Å²) in [5, 5.41) is 5.91. The Labute approximate surface area is 137 Å². The van der Waals surface area contributed by atoms with Crippen LogP contribution in [0, 0.1) is 11.7 Å². The highest BCUT2D eigenvalue weighted by atomic mass is 19.1. The highest BCUT2D eigenvalue weighted by molar-refractivity contribution is 5.85. The molecular formula is C18H27FN2O2. The molecule has 0 saturated heterocycles. The van der Waals surface area contributed by atoms with Crippen LogP contribution in [0.15, 0.2) is 18.2 Å². The van der Waals surface area contributed by atoms with Gasteiger partial charge in [-0.2, -0.15) is 0 Å². The van der Waals surface area contributed by atoms with Gasteiger partial charge in [-0.25, -0.2) is 9.18 Å². The Morgan fingerprint density at radius 1 is 1.35 bits per heavy atom. The van der Waals surface area contributed by atoms with Crippen molar-refractivity contribution in [3.05, 3.63) is 24.0 Å². The van der Waals surface area contributed by atoms with E-state index in [0.29, 0.717) is 6.04 Å². The molecule has 1 aromatic rings. The van der Waals surface area contributed by atoms with Gasteiger partial charge in [-0.15, -0.1) is 0 Å². The van der Waals surface area contributed by atoms with E-state index in [4.69, 9.17) is 4.74 Å². The van der Waals surface area contributed by atoms with Gasteiger partial charge >= 0.3 is 6.09 Å². The lowest BCUT2D eigenvalue weighted by Gasteiger charge is -2.20. The summed E-state index contributed by atoms with van der Waals surface area (Å²) in [6, 6.07) is 5.11. The van der Waals surface area contributed by atoms with Crippen LogP contribution in [0.4, 0.5) is 20.6 Å². The van der Waals surface area contributed by atoms with Crippen molar-refractivity contribution in [2.75, 3.05) is 10.6 Å². The van der Waals surface area contributed by atoms with E-state index in [1.165, 1.54) is 18.9 Å². The molecule has 0 aliphatic heterocycles. The summed E-state index contributed by atoms with van der Waals surface area (Å²) in [6.07, 6.45) is 4.05. The quantitative estimate of drug-likeness (QED) is 0.804. The molecule has 1 aromatic carbocycles. The zero-order valence-corrected chi connectivity index (χ0v) is 14.4. The largest absolute Gasteiger partial charge is 0.444 e. The maximum Gasteiger partial charge on any atom is 0.412 e. The minimum absolute atomic E-state index is 0.134. The first-order chi connectivity index (χ1) is 10.8. The number of carbonyl (C=O) groups is 1. The first-order valence-electron chi connectivity index (χ1n) is 8.33. The van der Waals surface area contributed by atoms with Gasteiger partial charge in [0.2, 0.25) is 0 Å². The maximum absolute atomic E-state index is 13.9. The number of amides is 1. The van der Waals surface area contributed by atoms with Crippen LogP contribution in [0.25, 0.3) is 0 Å². The van der Waals surface area contributed by atoms with Crippen LogP contribution in [-0.2, 0) is 4.74 Å². The molecule has 0 radical (unpaired) electrons. The zero-order chi connectivity index (χ0) is 17.0. The Morgan fingerprint density at radius 2 is 2.09 bits per heavy atom. The van der Waals surface area contributed by atoms with E-state index in [9.17, 15) is 9.18 Å². The van der Waals surface area contributed by atoms with Crippen molar-refractivity contribution in [3.63, 3.8) is 0 Å². The highest BCUT2D eigenvalue weighted by Gasteiger charge is 2.23. The first kappa shape index (κ1) is 17.6. The fraction of sp³-hybridized carbons (Fsp3) is 0.611. The monoisotopic (exact) mass is 322 g/mol. The minimum Gasteiger partial charge on any atom is -0.444 e. The number of benzene rings is 1. The minimum atomic E-state index is -0.652. The van der Waals surface area contributed by atoms with E-state index in [0.717, 1.165) is 24.4 Å². The van der Waals surface area contributed by atoms with Crippen LogP contribution in [0.1, 0.15) is 53.4 Å². The van der Waals surface area contributed by atoms with Crippen molar-refractivity contribution in [1.29, 1.82) is 0 Å². The van der Waals surface area contributed by atoms with Gasteiger partial charge < -0.3 is 10.1 Å². The average molecular weight is 322 g/mol. The average Bonchev–Trinajstić information content (AvgIpc) is 2.88. The molecule has 2 unspecified atom stereocenters. The lowest BCUT2D eigenvalue weighted by Crippen LogP contribution is -2.27. The Kier molecular flexibility index (Phi) is 5.50. The van der Waals surface area contributed by atoms with E-state index < -0.39 is 17.5 Å². The molecule has 1 amide bonds. The molecule has 1 saturated carbocycles. The van der Waals surface area contributed by atoms with Crippen LogP contribution in [0.2, 0.25) is 0 Å². The van der Waals surface area contributed by atoms with Gasteiger partial charge in [0, 0.05) is 11.7 Å². The molecule has 1 fully saturated rings. The Hall–Kier alpha value is -1.78. The van der Waals surface area contributed by atoms with Gasteiger partial charge in [0.05, 0.1) is 5.69 Å². The molecule has 1 aliphatic carbocycles. The van der Waals surface area contributed by atoms with E-state index >= 15 is 0 Å². The molecule has 0 spiro atoms. The second-order valence-electron chi connectivity index (χ2n) is 7.25. The highest BCUT2D eigenvalue weighted by Crippen LogP contribution is 2.31. The SMILES string of the molecule is CCC1CCC(Nc2ccc(F)c(NC(=O)OC(C)(C)C)c2)C1. The predicted molar refractivity (Wildman–Crippen MR) is 91.3 cm³/mol. The Bertz CT molecular complexity index is 554. The normalized spacial score (nSPS) is 21.1. The summed E-state index contributed by atoms with van der Waals surface area (Å²) in [5.41, 5.74) is 0.337. The van der Waals surface area contributed by atoms with Gasteiger partial charge in [0.25, 0.3) is 0 Å². The molecule has 128 valence electrons. The third-order valence-corrected chi connectivity index (χ3v) is 4.09. The Balaban J connectivity index is 2.00. The van der Waals surface area contributed by atoms with Gasteiger partial charge in [-0.3, -0.25) is 5.32 Å². The van der Waals surface area contributed by atoms with Gasteiger partial charge in [-0.05, 0) is 64.2 Å². The summed E-state index contributed by atoms with van der Waals surface area (Å²) in [7, 11) is 0. The molecule has 5 heteroatoms. The summed E-state index contributed by atoms with van der Waals surface area (Å²) in [4.78, 5) is 11.8. The lowest BCUT2D eigenvalue weighted by molar-refractivity contribution is 0.0635. The number of anilines is 2. The van der Waals surface area contributed by atoms with E-state index in [1.54, 1.807) is 32.9 Å². The standard InChI is InChI=1S/C18H27FN2O2/c1-5-12-6-7-13(10-12)20-14-8-9-15(19)16(11-14)21-17(22)23-18(2,3)4/h8-9,11-13,20H,5-7,10H2,1-4H3,(H,21,22). The number of rotatable bonds is 4. The third kappa shape index (κ3) is 5.41. The molecule has 0 bridgehead atoms. The number of ether oxygens (including phenoxy) is 1. The van der Waals surface area contributed by atoms with Crippen molar-refractivity contribution < 1.29 is 13.9 Å². The third-order valence-electron chi connectivity index (χ3n) is 4.09. The lowest BCUT2D eigenvalue weighted by atomic mass is 10.1. The van der Waals surface area contributed by atoms with Gasteiger partial charge in [0.15, 0.2) is 0 Å². The van der Waals surface area contributed by atoms with Crippen molar-refractivity contribution in [3.8, 4) is 0 Å². The van der Waals surface area contributed by atoms with E-state index in [2.05, 4.69) is 17.6 Å². The second kappa shape index (κ2) is 7.20. The topological polar surface area (TPSA) is 50.4 Å². The van der Waals surface area contributed by atoms with Crippen molar-refractivity contribution in [2.45, 2.75) is 65.0 Å². The fourth-order valence-electron chi connectivity index (χ4n) is 2.94. The number of hydrogen-bond donors (Lipinski definition) is 2. The number of halogens is 1. The maximum atomic E-state index is 13.9.